The topological polar surface area (TPSA) is 85.8 Å². The molecule has 2 rings (SSSR count). The summed E-state index contributed by atoms with van der Waals surface area (Å²) in [6.45, 7) is 4.64. The van der Waals surface area contributed by atoms with Gasteiger partial charge in [-0.1, -0.05) is 13.8 Å². The van der Waals surface area contributed by atoms with Gasteiger partial charge in [-0.3, -0.25) is 4.79 Å². The van der Waals surface area contributed by atoms with Gasteiger partial charge in [0.15, 0.2) is 6.61 Å². The zero-order chi connectivity index (χ0) is 17.7. The van der Waals surface area contributed by atoms with E-state index in [1.165, 1.54) is 6.07 Å². The molecule has 138 valence electrons. The first kappa shape index (κ1) is 21.0. The third-order valence-electron chi connectivity index (χ3n) is 4.04. The van der Waals surface area contributed by atoms with Crippen molar-refractivity contribution in [2.75, 3.05) is 20.2 Å². The largest absolute Gasteiger partial charge is 0.484 e. The van der Waals surface area contributed by atoms with E-state index in [0.717, 1.165) is 11.8 Å². The fourth-order valence-corrected chi connectivity index (χ4v) is 2.19. The van der Waals surface area contributed by atoms with Crippen molar-refractivity contribution in [1.82, 2.24) is 4.90 Å². The maximum Gasteiger partial charge on any atom is 0.336 e. The summed E-state index contributed by atoms with van der Waals surface area (Å²) in [6.07, 6.45) is 0.751. The van der Waals surface area contributed by atoms with E-state index in [2.05, 4.69) is 13.8 Å². The Bertz CT molecular complexity index is 760. The number of carbonyl (C=O) groups is 1. The van der Waals surface area contributed by atoms with Crippen molar-refractivity contribution in [3.8, 4) is 5.75 Å². The van der Waals surface area contributed by atoms with Crippen molar-refractivity contribution in [3.63, 3.8) is 0 Å². The number of carbonyl (C=O) groups excluding carboxylic acids is 1. The monoisotopic (exact) mass is 368 g/mol. The Morgan fingerprint density at radius 1 is 1.28 bits per heavy atom. The SMILES string of the molecule is CC(C)C(N)CCN(C)C(=O)COc1ccc2ccc(=O)oc2c1.Cl. The van der Waals surface area contributed by atoms with E-state index < -0.39 is 5.63 Å². The second-order valence-corrected chi connectivity index (χ2v) is 6.25. The van der Waals surface area contributed by atoms with Gasteiger partial charge in [-0.05, 0) is 30.5 Å². The van der Waals surface area contributed by atoms with Gasteiger partial charge in [-0.25, -0.2) is 4.79 Å². The first-order chi connectivity index (χ1) is 11.4. The highest BCUT2D eigenvalue weighted by Crippen LogP contribution is 2.19. The minimum absolute atomic E-state index is 0. The molecular formula is C18H25ClN2O4. The Labute approximate surface area is 153 Å². The van der Waals surface area contributed by atoms with Gasteiger partial charge >= 0.3 is 5.63 Å². The van der Waals surface area contributed by atoms with Crippen LogP contribution in [-0.4, -0.2) is 37.0 Å². The summed E-state index contributed by atoms with van der Waals surface area (Å²) in [5, 5.41) is 0.799. The molecule has 0 aliphatic heterocycles. The molecule has 1 unspecified atom stereocenters. The maximum atomic E-state index is 12.1. The zero-order valence-corrected chi connectivity index (χ0v) is 15.5. The van der Waals surface area contributed by atoms with E-state index in [1.54, 1.807) is 36.2 Å². The fourth-order valence-electron chi connectivity index (χ4n) is 2.19. The molecule has 0 saturated carbocycles. The van der Waals surface area contributed by atoms with Crippen LogP contribution in [-0.2, 0) is 4.79 Å². The number of nitrogens with two attached hydrogens (primary N) is 1. The highest BCUT2D eigenvalue weighted by Gasteiger charge is 2.13. The van der Waals surface area contributed by atoms with Gasteiger partial charge in [0, 0.05) is 37.2 Å². The first-order valence-electron chi connectivity index (χ1n) is 8.03. The summed E-state index contributed by atoms with van der Waals surface area (Å²) in [6, 6.07) is 8.25. The van der Waals surface area contributed by atoms with Gasteiger partial charge in [0.1, 0.15) is 11.3 Å². The van der Waals surface area contributed by atoms with Crippen LogP contribution in [0.1, 0.15) is 20.3 Å². The number of fused-ring (bicyclic) bond motifs is 1. The number of likely N-dealkylation sites (N-methyl/N-ethyl adjacent to an activating group) is 1. The molecule has 1 aromatic carbocycles. The Hall–Kier alpha value is -2.05. The van der Waals surface area contributed by atoms with Crippen LogP contribution in [0.3, 0.4) is 0 Å². The lowest BCUT2D eigenvalue weighted by Crippen LogP contribution is -2.36. The van der Waals surface area contributed by atoms with Crippen LogP contribution < -0.4 is 16.1 Å². The standard InChI is InChI=1S/C18H24N2O4.ClH/c1-12(2)15(19)8-9-20(3)17(21)11-23-14-6-4-13-5-7-18(22)24-16(13)10-14;/h4-7,10,12,15H,8-9,11,19H2,1-3H3;1H. The van der Waals surface area contributed by atoms with Crippen LogP contribution in [0.25, 0.3) is 11.0 Å². The van der Waals surface area contributed by atoms with Crippen molar-refractivity contribution in [2.24, 2.45) is 11.7 Å². The highest BCUT2D eigenvalue weighted by molar-refractivity contribution is 5.85. The molecule has 1 amide bonds. The van der Waals surface area contributed by atoms with E-state index in [0.29, 0.717) is 23.8 Å². The van der Waals surface area contributed by atoms with Gasteiger partial charge in [-0.2, -0.15) is 0 Å². The summed E-state index contributed by atoms with van der Waals surface area (Å²) in [5.41, 5.74) is 6.00. The zero-order valence-electron chi connectivity index (χ0n) is 14.7. The molecule has 0 spiro atoms. The third kappa shape index (κ3) is 6.07. The quantitative estimate of drug-likeness (QED) is 0.758. The van der Waals surface area contributed by atoms with E-state index in [4.69, 9.17) is 14.9 Å². The number of hydrogen-bond acceptors (Lipinski definition) is 5. The average molecular weight is 369 g/mol. The van der Waals surface area contributed by atoms with Gasteiger partial charge in [0.25, 0.3) is 5.91 Å². The molecule has 2 aromatic rings. The molecule has 0 fully saturated rings. The van der Waals surface area contributed by atoms with E-state index >= 15 is 0 Å². The molecule has 2 N–H and O–H groups in total. The minimum atomic E-state index is -0.419. The van der Waals surface area contributed by atoms with Gasteiger partial charge in [0.05, 0.1) is 0 Å². The third-order valence-corrected chi connectivity index (χ3v) is 4.04. The molecule has 0 aliphatic carbocycles. The smallest absolute Gasteiger partial charge is 0.336 e. The number of amides is 1. The molecule has 0 radical (unpaired) electrons. The van der Waals surface area contributed by atoms with Crippen LogP contribution in [0.2, 0.25) is 0 Å². The van der Waals surface area contributed by atoms with Crippen molar-refractivity contribution < 1.29 is 13.9 Å². The minimum Gasteiger partial charge on any atom is -0.484 e. The molecule has 1 heterocycles. The Morgan fingerprint density at radius 3 is 2.64 bits per heavy atom. The normalized spacial score (nSPS) is 11.9. The molecule has 1 aromatic heterocycles. The summed E-state index contributed by atoms with van der Waals surface area (Å²) < 4.78 is 10.6. The molecule has 0 saturated heterocycles. The molecule has 1 atom stereocenters. The number of halogens is 1. The number of nitrogens with zero attached hydrogens (tertiary/aromatic N) is 1. The predicted molar refractivity (Wildman–Crippen MR) is 100 cm³/mol. The van der Waals surface area contributed by atoms with Crippen LogP contribution in [0, 0.1) is 5.92 Å². The lowest BCUT2D eigenvalue weighted by atomic mass is 10.0. The Kier molecular flexibility index (Phi) is 7.93. The Morgan fingerprint density at radius 2 is 1.96 bits per heavy atom. The number of rotatable bonds is 7. The van der Waals surface area contributed by atoms with Crippen LogP contribution in [0.15, 0.2) is 39.5 Å². The average Bonchev–Trinajstić information content (AvgIpc) is 2.56. The van der Waals surface area contributed by atoms with E-state index in [-0.39, 0.29) is 31.0 Å². The van der Waals surface area contributed by atoms with Gasteiger partial charge in [0.2, 0.25) is 0 Å². The second-order valence-electron chi connectivity index (χ2n) is 6.25. The van der Waals surface area contributed by atoms with Crippen molar-refractivity contribution in [3.05, 3.63) is 40.8 Å². The summed E-state index contributed by atoms with van der Waals surface area (Å²) in [4.78, 5) is 25.0. The first-order valence-corrected chi connectivity index (χ1v) is 8.03. The second kappa shape index (κ2) is 9.44. The van der Waals surface area contributed by atoms with E-state index in [1.807, 2.05) is 0 Å². The summed E-state index contributed by atoms with van der Waals surface area (Å²) in [5.74, 6) is 0.745. The van der Waals surface area contributed by atoms with Crippen LogP contribution in [0.4, 0.5) is 0 Å². The molecule has 0 aliphatic rings. The van der Waals surface area contributed by atoms with Gasteiger partial charge < -0.3 is 19.8 Å². The summed E-state index contributed by atoms with van der Waals surface area (Å²) in [7, 11) is 1.73. The van der Waals surface area contributed by atoms with Crippen molar-refractivity contribution in [1.29, 1.82) is 0 Å². The maximum absolute atomic E-state index is 12.1. The van der Waals surface area contributed by atoms with E-state index in [9.17, 15) is 9.59 Å². The lowest BCUT2D eigenvalue weighted by Gasteiger charge is -2.21. The fraction of sp³-hybridized carbons (Fsp3) is 0.444. The number of benzene rings is 1. The van der Waals surface area contributed by atoms with Gasteiger partial charge in [-0.15, -0.1) is 12.4 Å². The molecule has 7 heteroatoms. The summed E-state index contributed by atoms with van der Waals surface area (Å²) >= 11 is 0. The molecule has 25 heavy (non-hydrogen) atoms. The number of hydrogen-bond donors (Lipinski definition) is 1. The van der Waals surface area contributed by atoms with Crippen molar-refractivity contribution in [2.45, 2.75) is 26.3 Å². The molecule has 0 bridgehead atoms. The number of ether oxygens (including phenoxy) is 1. The lowest BCUT2D eigenvalue weighted by molar-refractivity contribution is -0.132. The molecule has 6 nitrogen and oxygen atoms in total. The molecular weight excluding hydrogens is 344 g/mol. The highest BCUT2D eigenvalue weighted by atomic mass is 35.5. The van der Waals surface area contributed by atoms with Crippen molar-refractivity contribution >= 4 is 29.3 Å². The van der Waals surface area contributed by atoms with Crippen LogP contribution >= 0.6 is 12.4 Å². The predicted octanol–water partition coefficient (Wildman–Crippen LogP) is 2.43. The Balaban J connectivity index is 0.00000312. The van der Waals surface area contributed by atoms with Crippen LogP contribution in [0.5, 0.6) is 5.75 Å².